The summed E-state index contributed by atoms with van der Waals surface area (Å²) in [6, 6.07) is 8.50. The fraction of sp³-hybridized carbons (Fsp3) is 0.533. The van der Waals surface area contributed by atoms with Gasteiger partial charge in [-0.25, -0.2) is 0 Å². The number of carbonyl (C=O) groups is 1. The molecular formula is C15H23N3O. The summed E-state index contributed by atoms with van der Waals surface area (Å²) in [6.45, 7) is 7.91. The van der Waals surface area contributed by atoms with E-state index in [-0.39, 0.29) is 5.91 Å². The van der Waals surface area contributed by atoms with Gasteiger partial charge < -0.3 is 11.1 Å². The largest absolute Gasteiger partial charge is 0.370 e. The van der Waals surface area contributed by atoms with Crippen LogP contribution in [-0.4, -0.2) is 35.5 Å². The Morgan fingerprint density at radius 1 is 1.37 bits per heavy atom. The molecule has 1 atom stereocenters. The van der Waals surface area contributed by atoms with Crippen molar-refractivity contribution in [3.8, 4) is 0 Å². The van der Waals surface area contributed by atoms with Gasteiger partial charge in [0.05, 0.1) is 0 Å². The number of benzene rings is 1. The van der Waals surface area contributed by atoms with E-state index >= 15 is 0 Å². The van der Waals surface area contributed by atoms with Gasteiger partial charge in [-0.3, -0.25) is 9.69 Å². The first-order valence-electron chi connectivity index (χ1n) is 6.82. The number of nitrogens with zero attached hydrogens (tertiary/aromatic N) is 1. The number of likely N-dealkylation sites (tertiary alicyclic amines) is 1. The molecule has 2 rings (SSSR count). The summed E-state index contributed by atoms with van der Waals surface area (Å²) in [5.41, 5.74) is 7.16. The first kappa shape index (κ1) is 13.9. The van der Waals surface area contributed by atoms with Crippen molar-refractivity contribution in [3.05, 3.63) is 29.8 Å². The molecule has 4 heteroatoms. The van der Waals surface area contributed by atoms with Crippen molar-refractivity contribution >= 4 is 11.6 Å². The molecule has 1 fully saturated rings. The molecular weight excluding hydrogens is 238 g/mol. The van der Waals surface area contributed by atoms with Crippen molar-refractivity contribution in [2.24, 2.45) is 5.73 Å². The highest BCUT2D eigenvalue weighted by Crippen LogP contribution is 2.27. The van der Waals surface area contributed by atoms with E-state index in [1.165, 1.54) is 5.56 Å². The molecule has 1 aliphatic rings. The number of hydrogen-bond acceptors (Lipinski definition) is 3. The molecule has 3 N–H and O–H groups in total. The minimum atomic E-state index is -0.639. The van der Waals surface area contributed by atoms with Crippen LogP contribution < -0.4 is 11.1 Å². The highest BCUT2D eigenvalue weighted by atomic mass is 16.1. The fourth-order valence-electron chi connectivity index (χ4n) is 2.56. The van der Waals surface area contributed by atoms with E-state index in [9.17, 15) is 4.79 Å². The average molecular weight is 261 g/mol. The summed E-state index contributed by atoms with van der Waals surface area (Å²) < 4.78 is 0. The van der Waals surface area contributed by atoms with E-state index in [1.54, 1.807) is 0 Å². The molecule has 1 heterocycles. The quantitative estimate of drug-likeness (QED) is 0.868. The molecule has 104 valence electrons. The second-order valence-corrected chi connectivity index (χ2v) is 5.75. The monoisotopic (exact) mass is 261 g/mol. The van der Waals surface area contributed by atoms with Gasteiger partial charge in [0.2, 0.25) is 5.91 Å². The van der Waals surface area contributed by atoms with Crippen molar-refractivity contribution < 1.29 is 4.79 Å². The number of hydrogen-bond donors (Lipinski definition) is 2. The van der Waals surface area contributed by atoms with Gasteiger partial charge in [-0.2, -0.15) is 0 Å². The SMILES string of the molecule is Cc1ccc(NC2(C(N)=O)CCN(C(C)C)C2)cc1. The van der Waals surface area contributed by atoms with Crippen LogP contribution in [0.25, 0.3) is 0 Å². The van der Waals surface area contributed by atoms with E-state index < -0.39 is 5.54 Å². The minimum absolute atomic E-state index is 0.267. The number of amides is 1. The van der Waals surface area contributed by atoms with Gasteiger partial charge in [0.25, 0.3) is 0 Å². The Hall–Kier alpha value is -1.55. The van der Waals surface area contributed by atoms with E-state index in [0.29, 0.717) is 12.6 Å². The van der Waals surface area contributed by atoms with Gasteiger partial charge in [0.15, 0.2) is 0 Å². The number of anilines is 1. The number of aryl methyl sites for hydroxylation is 1. The van der Waals surface area contributed by atoms with E-state index in [4.69, 9.17) is 5.73 Å². The maximum absolute atomic E-state index is 11.9. The Balaban J connectivity index is 2.17. The van der Waals surface area contributed by atoms with Crippen LogP contribution in [0.15, 0.2) is 24.3 Å². The Kier molecular flexibility index (Phi) is 3.80. The molecule has 0 aliphatic carbocycles. The Morgan fingerprint density at radius 2 is 2.00 bits per heavy atom. The topological polar surface area (TPSA) is 58.4 Å². The standard InChI is InChI=1S/C15H23N3O/c1-11(2)18-9-8-15(10-18,14(16)19)17-13-6-4-12(3)5-7-13/h4-7,11,17H,8-10H2,1-3H3,(H2,16,19). The van der Waals surface area contributed by atoms with Gasteiger partial charge in [-0.15, -0.1) is 0 Å². The molecule has 1 aromatic carbocycles. The average Bonchev–Trinajstić information content (AvgIpc) is 2.78. The van der Waals surface area contributed by atoms with Crippen molar-refractivity contribution in [1.29, 1.82) is 0 Å². The van der Waals surface area contributed by atoms with Gasteiger partial charge >= 0.3 is 0 Å². The summed E-state index contributed by atoms with van der Waals surface area (Å²) in [6.07, 6.45) is 0.758. The number of primary amides is 1. The van der Waals surface area contributed by atoms with Gasteiger partial charge in [0, 0.05) is 24.8 Å². The summed E-state index contributed by atoms with van der Waals surface area (Å²) >= 11 is 0. The van der Waals surface area contributed by atoms with Crippen molar-refractivity contribution in [1.82, 2.24) is 4.90 Å². The summed E-state index contributed by atoms with van der Waals surface area (Å²) in [5.74, 6) is -0.267. The van der Waals surface area contributed by atoms with E-state index in [2.05, 4.69) is 24.1 Å². The van der Waals surface area contributed by atoms with Crippen LogP contribution >= 0.6 is 0 Å². The molecule has 1 amide bonds. The minimum Gasteiger partial charge on any atom is -0.370 e. The third-order valence-corrected chi connectivity index (χ3v) is 3.94. The molecule has 1 saturated heterocycles. The molecule has 0 spiro atoms. The second kappa shape index (κ2) is 5.21. The van der Waals surface area contributed by atoms with Crippen LogP contribution in [0.4, 0.5) is 5.69 Å². The molecule has 19 heavy (non-hydrogen) atoms. The molecule has 0 bridgehead atoms. The zero-order chi connectivity index (χ0) is 14.0. The molecule has 4 nitrogen and oxygen atoms in total. The highest BCUT2D eigenvalue weighted by molar-refractivity contribution is 5.88. The van der Waals surface area contributed by atoms with Gasteiger partial charge in [-0.1, -0.05) is 17.7 Å². The normalized spacial score (nSPS) is 23.8. The first-order chi connectivity index (χ1) is 8.93. The van der Waals surface area contributed by atoms with Gasteiger partial charge in [-0.05, 0) is 39.3 Å². The predicted molar refractivity (Wildman–Crippen MR) is 78.1 cm³/mol. The van der Waals surface area contributed by atoms with Crippen molar-refractivity contribution in [2.45, 2.75) is 38.8 Å². The molecule has 0 radical (unpaired) electrons. The molecule has 1 aliphatic heterocycles. The van der Waals surface area contributed by atoms with Crippen LogP contribution in [-0.2, 0) is 4.79 Å². The molecule has 1 unspecified atom stereocenters. The highest BCUT2D eigenvalue weighted by Gasteiger charge is 2.43. The zero-order valence-electron chi connectivity index (χ0n) is 11.9. The smallest absolute Gasteiger partial charge is 0.244 e. The molecule has 1 aromatic rings. The van der Waals surface area contributed by atoms with Crippen LogP contribution in [0, 0.1) is 6.92 Å². The first-order valence-corrected chi connectivity index (χ1v) is 6.82. The fourth-order valence-corrected chi connectivity index (χ4v) is 2.56. The maximum Gasteiger partial charge on any atom is 0.244 e. The summed E-state index contributed by atoms with van der Waals surface area (Å²) in [4.78, 5) is 14.2. The predicted octanol–water partition coefficient (Wildman–Crippen LogP) is 1.75. The lowest BCUT2D eigenvalue weighted by Crippen LogP contribution is -2.53. The van der Waals surface area contributed by atoms with Crippen LogP contribution in [0.3, 0.4) is 0 Å². The van der Waals surface area contributed by atoms with Gasteiger partial charge in [0.1, 0.15) is 5.54 Å². The van der Waals surface area contributed by atoms with Crippen LogP contribution in [0.2, 0.25) is 0 Å². The maximum atomic E-state index is 11.9. The zero-order valence-corrected chi connectivity index (χ0v) is 11.9. The van der Waals surface area contributed by atoms with Crippen LogP contribution in [0.5, 0.6) is 0 Å². The lowest BCUT2D eigenvalue weighted by Gasteiger charge is -2.29. The molecule has 0 saturated carbocycles. The third kappa shape index (κ3) is 2.89. The Morgan fingerprint density at radius 3 is 2.47 bits per heavy atom. The summed E-state index contributed by atoms with van der Waals surface area (Å²) in [5, 5.41) is 3.35. The van der Waals surface area contributed by atoms with Crippen molar-refractivity contribution in [3.63, 3.8) is 0 Å². The van der Waals surface area contributed by atoms with Crippen LogP contribution in [0.1, 0.15) is 25.8 Å². The number of carbonyl (C=O) groups excluding carboxylic acids is 1. The Bertz CT molecular complexity index is 455. The Labute approximate surface area is 115 Å². The number of nitrogens with one attached hydrogen (secondary N) is 1. The number of rotatable bonds is 4. The summed E-state index contributed by atoms with van der Waals surface area (Å²) in [7, 11) is 0. The lowest BCUT2D eigenvalue weighted by molar-refractivity contribution is -0.122. The van der Waals surface area contributed by atoms with E-state index in [1.807, 2.05) is 31.2 Å². The van der Waals surface area contributed by atoms with E-state index in [0.717, 1.165) is 18.7 Å². The molecule has 0 aromatic heterocycles. The lowest BCUT2D eigenvalue weighted by atomic mass is 9.97. The third-order valence-electron chi connectivity index (χ3n) is 3.94. The number of nitrogens with two attached hydrogens (primary N) is 1. The van der Waals surface area contributed by atoms with Crippen molar-refractivity contribution in [2.75, 3.05) is 18.4 Å². The second-order valence-electron chi connectivity index (χ2n) is 5.75.